The number of hydrogen-bond donors (Lipinski definition) is 2. The number of anilines is 1. The van der Waals surface area contributed by atoms with Crippen molar-refractivity contribution in [1.82, 2.24) is 9.97 Å². The van der Waals surface area contributed by atoms with Gasteiger partial charge in [0.25, 0.3) is 0 Å². The van der Waals surface area contributed by atoms with Crippen molar-refractivity contribution in [1.29, 1.82) is 0 Å². The maximum atomic E-state index is 11.0. The molecule has 0 fully saturated rings. The highest BCUT2D eigenvalue weighted by Gasteiger charge is 2.03. The number of primary amides is 1. The van der Waals surface area contributed by atoms with Crippen LogP contribution in [0.4, 0.5) is 5.95 Å². The molecule has 0 saturated carbocycles. The fourth-order valence-corrected chi connectivity index (χ4v) is 1.34. The van der Waals surface area contributed by atoms with Crippen LogP contribution in [0.1, 0.15) is 10.4 Å². The Morgan fingerprint density at radius 3 is 2.44 bits per heavy atom. The average Bonchev–Trinajstić information content (AvgIpc) is 2.30. The van der Waals surface area contributed by atoms with Crippen LogP contribution in [0, 0.1) is 0 Å². The molecule has 0 spiro atoms. The van der Waals surface area contributed by atoms with Gasteiger partial charge in [0.15, 0.2) is 0 Å². The van der Waals surface area contributed by atoms with Crippen molar-refractivity contribution in [3.63, 3.8) is 0 Å². The number of carbonyl (C=O) groups excluding carboxylic acids is 1. The zero-order valence-electron chi connectivity index (χ0n) is 8.42. The van der Waals surface area contributed by atoms with E-state index in [1.165, 1.54) is 0 Å². The van der Waals surface area contributed by atoms with Crippen molar-refractivity contribution < 1.29 is 4.79 Å². The lowest BCUT2D eigenvalue weighted by Crippen LogP contribution is -2.10. The van der Waals surface area contributed by atoms with Crippen LogP contribution in [-0.4, -0.2) is 15.9 Å². The number of rotatable bonds is 2. The fourth-order valence-electron chi connectivity index (χ4n) is 1.34. The van der Waals surface area contributed by atoms with E-state index in [9.17, 15) is 4.79 Å². The van der Waals surface area contributed by atoms with Gasteiger partial charge in [-0.2, -0.15) is 0 Å². The number of nitrogens with zero attached hydrogens (tertiary/aromatic N) is 2. The summed E-state index contributed by atoms with van der Waals surface area (Å²) < 4.78 is 0. The highest BCUT2D eigenvalue weighted by molar-refractivity contribution is 5.94. The van der Waals surface area contributed by atoms with Crippen LogP contribution in [-0.2, 0) is 0 Å². The van der Waals surface area contributed by atoms with Crippen molar-refractivity contribution in [2.45, 2.75) is 0 Å². The van der Waals surface area contributed by atoms with E-state index < -0.39 is 5.91 Å². The first-order valence-electron chi connectivity index (χ1n) is 4.64. The van der Waals surface area contributed by atoms with Crippen molar-refractivity contribution in [3.05, 3.63) is 42.2 Å². The summed E-state index contributed by atoms with van der Waals surface area (Å²) in [6, 6.07) is 6.95. The Kier molecular flexibility index (Phi) is 2.51. The van der Waals surface area contributed by atoms with E-state index in [2.05, 4.69) is 9.97 Å². The van der Waals surface area contributed by atoms with Crippen LogP contribution in [0.3, 0.4) is 0 Å². The molecule has 5 nitrogen and oxygen atoms in total. The van der Waals surface area contributed by atoms with Crippen molar-refractivity contribution >= 4 is 11.9 Å². The third kappa shape index (κ3) is 1.98. The highest BCUT2D eigenvalue weighted by Crippen LogP contribution is 2.18. The lowest BCUT2D eigenvalue weighted by molar-refractivity contribution is 0.100. The number of hydrogen-bond acceptors (Lipinski definition) is 4. The molecule has 0 aliphatic heterocycles. The largest absolute Gasteiger partial charge is 0.368 e. The molecule has 0 bridgehead atoms. The fraction of sp³-hybridized carbons (Fsp3) is 0. The topological polar surface area (TPSA) is 94.9 Å². The molecule has 0 atom stereocenters. The minimum absolute atomic E-state index is 0.217. The Morgan fingerprint density at radius 2 is 1.81 bits per heavy atom. The molecule has 0 radical (unpaired) electrons. The second-order valence-corrected chi connectivity index (χ2v) is 3.27. The number of benzene rings is 1. The molecular weight excluding hydrogens is 204 g/mol. The number of amides is 1. The Hall–Kier alpha value is -2.43. The molecule has 1 aromatic carbocycles. The number of nitrogen functional groups attached to an aromatic ring is 1. The summed E-state index contributed by atoms with van der Waals surface area (Å²) in [5.74, 6) is -0.243. The molecular formula is C11H10N4O. The Balaban J connectivity index is 2.44. The second kappa shape index (κ2) is 3.98. The average molecular weight is 214 g/mol. The lowest BCUT2D eigenvalue weighted by Gasteiger charge is -2.02. The molecule has 2 rings (SSSR count). The van der Waals surface area contributed by atoms with Gasteiger partial charge in [-0.3, -0.25) is 4.79 Å². The molecule has 1 amide bonds. The molecule has 0 aliphatic rings. The third-order valence-corrected chi connectivity index (χ3v) is 2.15. The van der Waals surface area contributed by atoms with E-state index in [-0.39, 0.29) is 5.95 Å². The third-order valence-electron chi connectivity index (χ3n) is 2.15. The minimum Gasteiger partial charge on any atom is -0.368 e. The van der Waals surface area contributed by atoms with Crippen LogP contribution in [0.2, 0.25) is 0 Å². The van der Waals surface area contributed by atoms with Gasteiger partial charge in [0.1, 0.15) is 0 Å². The van der Waals surface area contributed by atoms with Gasteiger partial charge >= 0.3 is 0 Å². The zero-order valence-corrected chi connectivity index (χ0v) is 8.42. The minimum atomic E-state index is -0.460. The Labute approximate surface area is 92.1 Å². The molecule has 2 aromatic rings. The quantitative estimate of drug-likeness (QED) is 0.773. The summed E-state index contributed by atoms with van der Waals surface area (Å²) in [4.78, 5) is 18.8. The summed E-state index contributed by atoms with van der Waals surface area (Å²) in [5, 5.41) is 0. The molecule has 5 heteroatoms. The van der Waals surface area contributed by atoms with Crippen LogP contribution in [0.5, 0.6) is 0 Å². The highest BCUT2D eigenvalue weighted by atomic mass is 16.1. The number of nitrogens with two attached hydrogens (primary N) is 2. The van der Waals surface area contributed by atoms with Gasteiger partial charge in [0.2, 0.25) is 11.9 Å². The first kappa shape index (κ1) is 10.1. The molecule has 0 aliphatic carbocycles. The first-order chi connectivity index (χ1) is 7.66. The van der Waals surface area contributed by atoms with Gasteiger partial charge in [0.05, 0.1) is 0 Å². The lowest BCUT2D eigenvalue weighted by atomic mass is 10.1. The predicted octanol–water partition coefficient (Wildman–Crippen LogP) is 0.825. The van der Waals surface area contributed by atoms with Gasteiger partial charge in [-0.1, -0.05) is 12.1 Å². The molecule has 4 N–H and O–H groups in total. The van der Waals surface area contributed by atoms with Crippen molar-refractivity contribution in [2.75, 3.05) is 5.73 Å². The Bertz CT molecular complexity index is 522. The first-order valence-corrected chi connectivity index (χ1v) is 4.64. The Morgan fingerprint density at radius 1 is 1.12 bits per heavy atom. The van der Waals surface area contributed by atoms with Gasteiger partial charge in [0, 0.05) is 23.5 Å². The summed E-state index contributed by atoms with van der Waals surface area (Å²) >= 11 is 0. The summed E-state index contributed by atoms with van der Waals surface area (Å²) in [7, 11) is 0. The molecule has 0 unspecified atom stereocenters. The maximum Gasteiger partial charge on any atom is 0.248 e. The zero-order chi connectivity index (χ0) is 11.5. The summed E-state index contributed by atoms with van der Waals surface area (Å²) in [6.45, 7) is 0. The number of aromatic nitrogens is 2. The molecule has 1 aromatic heterocycles. The normalized spacial score (nSPS) is 10.0. The summed E-state index contributed by atoms with van der Waals surface area (Å²) in [6.07, 6.45) is 3.20. The van der Waals surface area contributed by atoms with E-state index in [4.69, 9.17) is 11.5 Å². The van der Waals surface area contributed by atoms with Crippen molar-refractivity contribution in [3.8, 4) is 11.1 Å². The monoisotopic (exact) mass is 214 g/mol. The van der Waals surface area contributed by atoms with Crippen LogP contribution in [0.15, 0.2) is 36.7 Å². The molecule has 1 heterocycles. The molecule has 0 saturated heterocycles. The van der Waals surface area contributed by atoms with Gasteiger partial charge < -0.3 is 11.5 Å². The van der Waals surface area contributed by atoms with E-state index in [1.807, 2.05) is 6.07 Å². The van der Waals surface area contributed by atoms with E-state index in [1.54, 1.807) is 30.6 Å². The number of carbonyl (C=O) groups is 1. The molecule has 16 heavy (non-hydrogen) atoms. The smallest absolute Gasteiger partial charge is 0.248 e. The second-order valence-electron chi connectivity index (χ2n) is 3.27. The van der Waals surface area contributed by atoms with Gasteiger partial charge in [-0.25, -0.2) is 9.97 Å². The van der Waals surface area contributed by atoms with Crippen LogP contribution >= 0.6 is 0 Å². The van der Waals surface area contributed by atoms with Crippen LogP contribution < -0.4 is 11.5 Å². The van der Waals surface area contributed by atoms with E-state index in [0.29, 0.717) is 5.56 Å². The van der Waals surface area contributed by atoms with Crippen LogP contribution in [0.25, 0.3) is 11.1 Å². The van der Waals surface area contributed by atoms with E-state index in [0.717, 1.165) is 11.1 Å². The van der Waals surface area contributed by atoms with E-state index >= 15 is 0 Å². The standard InChI is InChI=1S/C11H10N4O/c12-10(16)8-3-1-2-7(4-8)9-5-14-11(13)15-6-9/h1-6H,(H2,12,16)(H2,13,14,15). The van der Waals surface area contributed by atoms with Gasteiger partial charge in [-0.15, -0.1) is 0 Å². The SMILES string of the molecule is NC(=O)c1cccc(-c2cnc(N)nc2)c1. The summed E-state index contributed by atoms with van der Waals surface area (Å²) in [5.41, 5.74) is 12.7. The molecule has 80 valence electrons. The maximum absolute atomic E-state index is 11.0. The van der Waals surface area contributed by atoms with Gasteiger partial charge in [-0.05, 0) is 17.7 Å². The predicted molar refractivity (Wildman–Crippen MR) is 60.4 cm³/mol. The van der Waals surface area contributed by atoms with Crippen molar-refractivity contribution in [2.24, 2.45) is 5.73 Å².